The van der Waals surface area contributed by atoms with E-state index in [1.807, 2.05) is 0 Å². The molecule has 0 amide bonds. The largest absolute Gasteiger partial charge is 0.426 e. The minimum Gasteiger partial charge on any atom is -0.247 e. The van der Waals surface area contributed by atoms with Crippen LogP contribution in [0.4, 0.5) is 30.7 Å². The summed E-state index contributed by atoms with van der Waals surface area (Å²) < 4.78 is 81.7. The van der Waals surface area contributed by atoms with Gasteiger partial charge in [0.25, 0.3) is 6.17 Å². The lowest BCUT2D eigenvalue weighted by Crippen LogP contribution is -2.40. The van der Waals surface area contributed by atoms with Crippen LogP contribution in [0.1, 0.15) is 0 Å². The summed E-state index contributed by atoms with van der Waals surface area (Å²) in [6.07, 6.45) is -10.3. The van der Waals surface area contributed by atoms with Gasteiger partial charge in [-0.05, 0) is 6.08 Å². The van der Waals surface area contributed by atoms with Gasteiger partial charge in [-0.25, -0.2) is 8.78 Å². The first-order valence-corrected chi connectivity index (χ1v) is 3.04. The highest BCUT2D eigenvalue weighted by molar-refractivity contribution is 5.01. The maximum Gasteiger partial charge on any atom is 0.426 e. The molecular formula is C6H5F7. The van der Waals surface area contributed by atoms with Gasteiger partial charge in [-0.1, -0.05) is 6.08 Å². The molecule has 0 aliphatic rings. The van der Waals surface area contributed by atoms with Gasteiger partial charge in [0.2, 0.25) is 0 Å². The van der Waals surface area contributed by atoms with Gasteiger partial charge in [-0.3, -0.25) is 0 Å². The normalized spacial score (nSPS) is 16.5. The molecule has 0 unspecified atom stereocenters. The third-order valence-corrected chi connectivity index (χ3v) is 1.05. The summed E-state index contributed by atoms with van der Waals surface area (Å²) in [6, 6.07) is 0. The van der Waals surface area contributed by atoms with E-state index in [1.54, 1.807) is 0 Å². The van der Waals surface area contributed by atoms with Crippen molar-refractivity contribution in [3.8, 4) is 0 Å². The molecule has 13 heavy (non-hydrogen) atoms. The number of halogens is 7. The standard InChI is InChI=1S/C6H5F7/c7-3-1-2-5(9,10)4(8)6(11,12)13/h1-2,4H,3H2/b2-1+/t4-/m1/s1. The molecule has 0 fully saturated rings. The molecule has 0 aromatic rings. The Balaban J connectivity index is 4.54. The monoisotopic (exact) mass is 210 g/mol. The number of allylic oxidation sites excluding steroid dienone is 2. The molecule has 0 saturated carbocycles. The Hall–Kier alpha value is -0.750. The molecule has 0 aromatic heterocycles. The molecule has 1 atom stereocenters. The number of hydrogen-bond acceptors (Lipinski definition) is 0. The fraction of sp³-hybridized carbons (Fsp3) is 0.667. The van der Waals surface area contributed by atoms with Crippen LogP contribution in [0.15, 0.2) is 12.2 Å². The van der Waals surface area contributed by atoms with Crippen LogP contribution >= 0.6 is 0 Å². The summed E-state index contributed by atoms with van der Waals surface area (Å²) in [5.41, 5.74) is 0. The SMILES string of the molecule is FC/C=C/C(F)(F)[C@@H](F)C(F)(F)F. The highest BCUT2D eigenvalue weighted by Gasteiger charge is 2.55. The van der Waals surface area contributed by atoms with Gasteiger partial charge in [0, 0.05) is 0 Å². The van der Waals surface area contributed by atoms with E-state index in [1.165, 1.54) is 0 Å². The number of alkyl halides is 7. The maximum absolute atomic E-state index is 12.2. The minimum atomic E-state index is -5.65. The van der Waals surface area contributed by atoms with Gasteiger partial charge in [-0.15, -0.1) is 0 Å². The molecule has 0 radical (unpaired) electrons. The van der Waals surface area contributed by atoms with Crippen molar-refractivity contribution < 1.29 is 30.7 Å². The first-order valence-electron chi connectivity index (χ1n) is 3.04. The van der Waals surface area contributed by atoms with Crippen LogP contribution in [0.5, 0.6) is 0 Å². The fourth-order valence-corrected chi connectivity index (χ4v) is 0.504. The minimum absolute atomic E-state index is 0.123. The van der Waals surface area contributed by atoms with E-state index in [-0.39, 0.29) is 6.08 Å². The van der Waals surface area contributed by atoms with Gasteiger partial charge in [0.15, 0.2) is 0 Å². The summed E-state index contributed by atoms with van der Waals surface area (Å²) in [6.45, 7) is -1.37. The highest BCUT2D eigenvalue weighted by Crippen LogP contribution is 2.35. The Labute approximate surface area is 69.0 Å². The van der Waals surface area contributed by atoms with E-state index in [0.717, 1.165) is 0 Å². The van der Waals surface area contributed by atoms with Crippen LogP contribution in [0, 0.1) is 0 Å². The Morgan fingerprint density at radius 1 is 1.08 bits per heavy atom. The van der Waals surface area contributed by atoms with Crippen molar-refractivity contribution in [1.82, 2.24) is 0 Å². The fourth-order valence-electron chi connectivity index (χ4n) is 0.504. The smallest absolute Gasteiger partial charge is 0.247 e. The first kappa shape index (κ1) is 12.2. The van der Waals surface area contributed by atoms with Crippen molar-refractivity contribution in [1.29, 1.82) is 0 Å². The predicted octanol–water partition coefficient (Wildman–Crippen LogP) is 3.05. The Morgan fingerprint density at radius 3 is 1.85 bits per heavy atom. The lowest BCUT2D eigenvalue weighted by molar-refractivity contribution is -0.230. The zero-order valence-corrected chi connectivity index (χ0v) is 6.08. The van der Waals surface area contributed by atoms with Crippen LogP contribution in [-0.4, -0.2) is 24.9 Å². The lowest BCUT2D eigenvalue weighted by Gasteiger charge is -2.19. The molecule has 0 bridgehead atoms. The Morgan fingerprint density at radius 2 is 1.54 bits per heavy atom. The molecule has 0 aromatic carbocycles. The molecule has 0 rings (SSSR count). The van der Waals surface area contributed by atoms with E-state index < -0.39 is 31.0 Å². The van der Waals surface area contributed by atoms with Crippen LogP contribution in [0.2, 0.25) is 0 Å². The molecule has 0 aliphatic heterocycles. The van der Waals surface area contributed by atoms with Crippen molar-refractivity contribution in [2.45, 2.75) is 18.3 Å². The van der Waals surface area contributed by atoms with Crippen molar-refractivity contribution in [2.24, 2.45) is 0 Å². The second-order valence-corrected chi connectivity index (χ2v) is 2.14. The molecule has 0 spiro atoms. The summed E-state index contributed by atoms with van der Waals surface area (Å²) in [4.78, 5) is 0. The summed E-state index contributed by atoms with van der Waals surface area (Å²) >= 11 is 0. The Kier molecular flexibility index (Phi) is 3.74. The van der Waals surface area contributed by atoms with E-state index in [0.29, 0.717) is 0 Å². The second kappa shape index (κ2) is 3.97. The summed E-state index contributed by atoms with van der Waals surface area (Å²) in [5.74, 6) is -4.72. The van der Waals surface area contributed by atoms with E-state index >= 15 is 0 Å². The molecule has 0 saturated heterocycles. The lowest BCUT2D eigenvalue weighted by atomic mass is 10.2. The quantitative estimate of drug-likeness (QED) is 0.496. The third-order valence-electron chi connectivity index (χ3n) is 1.05. The topological polar surface area (TPSA) is 0 Å². The van der Waals surface area contributed by atoms with E-state index in [9.17, 15) is 30.7 Å². The van der Waals surface area contributed by atoms with Crippen molar-refractivity contribution in [3.63, 3.8) is 0 Å². The molecule has 0 heterocycles. The average Bonchev–Trinajstić information content (AvgIpc) is 1.98. The molecule has 0 aliphatic carbocycles. The zero-order chi connectivity index (χ0) is 10.7. The summed E-state index contributed by atoms with van der Waals surface area (Å²) in [5, 5.41) is 0. The molecule has 78 valence electrons. The molecule has 7 heteroatoms. The third kappa shape index (κ3) is 3.65. The van der Waals surface area contributed by atoms with Crippen molar-refractivity contribution in [2.75, 3.05) is 6.67 Å². The predicted molar refractivity (Wildman–Crippen MR) is 31.0 cm³/mol. The maximum atomic E-state index is 12.2. The number of hydrogen-bond donors (Lipinski definition) is 0. The molecular weight excluding hydrogens is 205 g/mol. The number of rotatable bonds is 3. The van der Waals surface area contributed by atoms with Crippen molar-refractivity contribution >= 4 is 0 Å². The van der Waals surface area contributed by atoms with E-state index in [2.05, 4.69) is 0 Å². The molecule has 0 nitrogen and oxygen atoms in total. The van der Waals surface area contributed by atoms with E-state index in [4.69, 9.17) is 0 Å². The van der Waals surface area contributed by atoms with Crippen LogP contribution in [-0.2, 0) is 0 Å². The van der Waals surface area contributed by atoms with Gasteiger partial charge < -0.3 is 0 Å². The van der Waals surface area contributed by atoms with Gasteiger partial charge in [0.05, 0.1) is 0 Å². The summed E-state index contributed by atoms with van der Waals surface area (Å²) in [7, 11) is 0. The van der Waals surface area contributed by atoms with Crippen LogP contribution in [0.3, 0.4) is 0 Å². The van der Waals surface area contributed by atoms with Gasteiger partial charge in [-0.2, -0.15) is 22.0 Å². The molecule has 0 N–H and O–H groups in total. The van der Waals surface area contributed by atoms with Crippen LogP contribution < -0.4 is 0 Å². The second-order valence-electron chi connectivity index (χ2n) is 2.14. The van der Waals surface area contributed by atoms with Gasteiger partial charge in [0.1, 0.15) is 6.67 Å². The highest BCUT2D eigenvalue weighted by atomic mass is 19.4. The first-order chi connectivity index (χ1) is 5.72. The van der Waals surface area contributed by atoms with Crippen molar-refractivity contribution in [3.05, 3.63) is 12.2 Å². The zero-order valence-electron chi connectivity index (χ0n) is 6.08. The Bertz CT molecular complexity index is 180. The average molecular weight is 210 g/mol. The van der Waals surface area contributed by atoms with Crippen LogP contribution in [0.25, 0.3) is 0 Å². The van der Waals surface area contributed by atoms with Gasteiger partial charge >= 0.3 is 12.1 Å².